The molecule has 0 bridgehead atoms. The SMILES string of the molecule is COc1ccc(/C=C/C(=O)C2=C(/C=C/c3ccc(OC)cc3)N=C3SC=C(C)N3C2c2cc(OC)c(OC)c(OC)c2)cc1. The van der Waals surface area contributed by atoms with Crippen molar-refractivity contribution in [3.8, 4) is 28.7 Å². The second kappa shape index (κ2) is 13.6. The Bertz CT molecular complexity index is 1660. The summed E-state index contributed by atoms with van der Waals surface area (Å²) in [6, 6.07) is 18.5. The Morgan fingerprint density at radius 1 is 0.773 bits per heavy atom. The molecule has 0 radical (unpaired) electrons. The first-order valence-corrected chi connectivity index (χ1v) is 14.7. The van der Waals surface area contributed by atoms with E-state index < -0.39 is 6.04 Å². The van der Waals surface area contributed by atoms with E-state index in [1.165, 1.54) is 11.8 Å². The Labute approximate surface area is 261 Å². The van der Waals surface area contributed by atoms with Crippen molar-refractivity contribution in [1.29, 1.82) is 0 Å². The van der Waals surface area contributed by atoms with Crippen LogP contribution < -0.4 is 23.7 Å². The average Bonchev–Trinajstić information content (AvgIpc) is 3.44. The zero-order valence-corrected chi connectivity index (χ0v) is 26.3. The molecule has 0 amide bonds. The fourth-order valence-corrected chi connectivity index (χ4v) is 5.96. The lowest BCUT2D eigenvalue weighted by Crippen LogP contribution is -2.35. The number of amidine groups is 1. The van der Waals surface area contributed by atoms with Gasteiger partial charge in [0.2, 0.25) is 5.75 Å². The van der Waals surface area contributed by atoms with Gasteiger partial charge in [0, 0.05) is 5.70 Å². The number of carbonyl (C=O) groups is 1. The largest absolute Gasteiger partial charge is 0.497 e. The van der Waals surface area contributed by atoms with Crippen LogP contribution >= 0.6 is 11.8 Å². The maximum Gasteiger partial charge on any atom is 0.203 e. The molecule has 3 aromatic rings. The molecule has 9 heteroatoms. The molecule has 0 aliphatic carbocycles. The van der Waals surface area contributed by atoms with Gasteiger partial charge in [0.1, 0.15) is 11.5 Å². The monoisotopic (exact) mass is 610 g/mol. The van der Waals surface area contributed by atoms with E-state index in [0.29, 0.717) is 28.5 Å². The predicted octanol–water partition coefficient (Wildman–Crippen LogP) is 7.30. The molecule has 2 heterocycles. The molecule has 2 aliphatic rings. The Kier molecular flexibility index (Phi) is 9.45. The van der Waals surface area contributed by atoms with Gasteiger partial charge < -0.3 is 28.6 Å². The highest BCUT2D eigenvalue weighted by Gasteiger charge is 2.39. The Hall–Kier alpha value is -4.89. The average molecular weight is 611 g/mol. The zero-order valence-electron chi connectivity index (χ0n) is 25.5. The Morgan fingerprint density at radius 2 is 1.34 bits per heavy atom. The first-order chi connectivity index (χ1) is 21.4. The van der Waals surface area contributed by atoms with E-state index in [1.54, 1.807) is 47.7 Å². The van der Waals surface area contributed by atoms with Crippen molar-refractivity contribution in [1.82, 2.24) is 4.90 Å². The lowest BCUT2D eigenvalue weighted by Gasteiger charge is -2.36. The van der Waals surface area contributed by atoms with Crippen LogP contribution in [0.5, 0.6) is 28.7 Å². The molecular weight excluding hydrogens is 576 g/mol. The smallest absolute Gasteiger partial charge is 0.203 e. The number of ketones is 1. The van der Waals surface area contributed by atoms with Crippen molar-refractivity contribution in [3.05, 3.63) is 112 Å². The summed E-state index contributed by atoms with van der Waals surface area (Å²) in [5.74, 6) is 2.79. The first kappa shape index (κ1) is 30.6. The van der Waals surface area contributed by atoms with Gasteiger partial charge in [0.25, 0.3) is 0 Å². The topological polar surface area (TPSA) is 78.8 Å². The number of benzene rings is 3. The number of ether oxygens (including phenoxy) is 5. The molecule has 5 rings (SSSR count). The molecule has 1 atom stereocenters. The summed E-state index contributed by atoms with van der Waals surface area (Å²) >= 11 is 1.52. The van der Waals surface area contributed by atoms with Gasteiger partial charge in [0.15, 0.2) is 22.4 Å². The van der Waals surface area contributed by atoms with Gasteiger partial charge >= 0.3 is 0 Å². The van der Waals surface area contributed by atoms with E-state index >= 15 is 0 Å². The molecule has 226 valence electrons. The van der Waals surface area contributed by atoms with Gasteiger partial charge in [-0.1, -0.05) is 48.2 Å². The van der Waals surface area contributed by atoms with E-state index in [-0.39, 0.29) is 5.78 Å². The minimum Gasteiger partial charge on any atom is -0.497 e. The molecule has 0 fully saturated rings. The van der Waals surface area contributed by atoms with Crippen molar-refractivity contribution < 1.29 is 28.5 Å². The molecule has 3 aromatic carbocycles. The number of aliphatic imine (C=N–C) groups is 1. The van der Waals surface area contributed by atoms with Crippen LogP contribution in [0.1, 0.15) is 29.7 Å². The van der Waals surface area contributed by atoms with Crippen molar-refractivity contribution in [2.45, 2.75) is 13.0 Å². The summed E-state index contributed by atoms with van der Waals surface area (Å²) in [5.41, 5.74) is 4.64. The second-order valence-corrected chi connectivity index (χ2v) is 10.7. The number of nitrogens with zero attached hydrogens (tertiary/aromatic N) is 2. The molecule has 0 saturated carbocycles. The third-order valence-corrected chi connectivity index (χ3v) is 8.26. The number of thioether (sulfide) groups is 1. The van der Waals surface area contributed by atoms with Crippen molar-refractivity contribution in [2.75, 3.05) is 35.5 Å². The van der Waals surface area contributed by atoms with Crippen LogP contribution in [0.15, 0.2) is 100 Å². The van der Waals surface area contributed by atoms with Crippen LogP contribution in [-0.2, 0) is 4.79 Å². The molecule has 0 aromatic heterocycles. The third kappa shape index (κ3) is 6.23. The quantitative estimate of drug-likeness (QED) is 0.209. The van der Waals surface area contributed by atoms with Crippen molar-refractivity contribution in [2.24, 2.45) is 4.99 Å². The van der Waals surface area contributed by atoms with Crippen LogP contribution in [0, 0.1) is 0 Å². The highest BCUT2D eigenvalue weighted by atomic mass is 32.2. The van der Waals surface area contributed by atoms with Gasteiger partial charge in [-0.05, 0) is 77.6 Å². The third-order valence-electron chi connectivity index (χ3n) is 7.31. The van der Waals surface area contributed by atoms with E-state index in [0.717, 1.165) is 39.1 Å². The van der Waals surface area contributed by atoms with Crippen LogP contribution in [0.25, 0.3) is 12.2 Å². The van der Waals surface area contributed by atoms with E-state index in [9.17, 15) is 4.79 Å². The number of hydrogen-bond acceptors (Lipinski definition) is 9. The van der Waals surface area contributed by atoms with E-state index in [4.69, 9.17) is 28.7 Å². The number of rotatable bonds is 11. The van der Waals surface area contributed by atoms with Gasteiger partial charge in [0.05, 0.1) is 52.9 Å². The Morgan fingerprint density at radius 3 is 1.86 bits per heavy atom. The van der Waals surface area contributed by atoms with E-state index in [1.807, 2.05) is 85.1 Å². The van der Waals surface area contributed by atoms with Gasteiger partial charge in [-0.15, -0.1) is 0 Å². The summed E-state index contributed by atoms with van der Waals surface area (Å²) in [6.45, 7) is 2.01. The van der Waals surface area contributed by atoms with Crippen LogP contribution in [0.4, 0.5) is 0 Å². The number of fused-ring (bicyclic) bond motifs is 1. The van der Waals surface area contributed by atoms with Gasteiger partial charge in [-0.25, -0.2) is 4.99 Å². The van der Waals surface area contributed by atoms with Crippen LogP contribution in [-0.4, -0.2) is 51.4 Å². The summed E-state index contributed by atoms with van der Waals surface area (Å²) in [6.07, 6.45) is 7.22. The molecule has 1 unspecified atom stereocenters. The maximum absolute atomic E-state index is 14.3. The molecule has 0 saturated heterocycles. The molecule has 44 heavy (non-hydrogen) atoms. The molecule has 2 aliphatic heterocycles. The highest BCUT2D eigenvalue weighted by Crippen LogP contribution is 2.48. The number of allylic oxidation sites excluding steroid dienone is 3. The van der Waals surface area contributed by atoms with Gasteiger partial charge in [-0.3, -0.25) is 4.79 Å². The molecular formula is C35H34N2O6S. The standard InChI is InChI=1S/C35H34N2O6S/c1-22-21-44-35-36-28(17-11-23-7-13-26(39-2)14-8-23)32(29(38)18-12-24-9-15-27(40-3)16-10-24)33(37(22)35)25-19-30(41-4)34(43-6)31(20-25)42-5/h7-21,33H,1-6H3/b17-11+,18-12+. The second-order valence-electron chi connectivity index (χ2n) is 9.88. The Balaban J connectivity index is 1.68. The molecule has 0 N–H and O–H groups in total. The fourth-order valence-electron chi connectivity index (χ4n) is 5.06. The summed E-state index contributed by atoms with van der Waals surface area (Å²) in [5, 5.41) is 2.81. The predicted molar refractivity (Wildman–Crippen MR) is 176 cm³/mol. The summed E-state index contributed by atoms with van der Waals surface area (Å²) < 4.78 is 27.6. The zero-order chi connectivity index (χ0) is 31.2. The normalized spacial score (nSPS) is 16.1. The van der Waals surface area contributed by atoms with Crippen molar-refractivity contribution >= 4 is 34.9 Å². The number of carbonyl (C=O) groups excluding carboxylic acids is 1. The van der Waals surface area contributed by atoms with Gasteiger partial charge in [-0.2, -0.15) is 0 Å². The molecule has 0 spiro atoms. The van der Waals surface area contributed by atoms with Crippen molar-refractivity contribution in [3.63, 3.8) is 0 Å². The maximum atomic E-state index is 14.3. The summed E-state index contributed by atoms with van der Waals surface area (Å²) in [7, 11) is 7.98. The minimum absolute atomic E-state index is 0.179. The fraction of sp³-hybridized carbons (Fsp3) is 0.200. The lowest BCUT2D eigenvalue weighted by molar-refractivity contribution is -0.111. The van der Waals surface area contributed by atoms with Crippen LogP contribution in [0.2, 0.25) is 0 Å². The summed E-state index contributed by atoms with van der Waals surface area (Å²) in [4.78, 5) is 21.3. The number of hydrogen-bond donors (Lipinski definition) is 0. The highest BCUT2D eigenvalue weighted by molar-refractivity contribution is 8.16. The lowest BCUT2D eigenvalue weighted by atomic mass is 9.89. The first-order valence-electron chi connectivity index (χ1n) is 13.8. The van der Waals surface area contributed by atoms with Crippen LogP contribution in [0.3, 0.4) is 0 Å². The molecule has 8 nitrogen and oxygen atoms in total. The van der Waals surface area contributed by atoms with E-state index in [2.05, 4.69) is 4.90 Å². The minimum atomic E-state index is -0.522. The number of methoxy groups -OCH3 is 5.